The van der Waals surface area contributed by atoms with Crippen molar-refractivity contribution in [2.75, 3.05) is 25.0 Å². The number of hydrogen-bond acceptors (Lipinski definition) is 8. The molecular formula is C27H34N8O2. The van der Waals surface area contributed by atoms with E-state index in [0.717, 1.165) is 47.5 Å². The number of nitrogens with one attached hydrogen (secondary N) is 3. The molecule has 1 amide bonds. The molecule has 5 rings (SSSR count). The van der Waals surface area contributed by atoms with Gasteiger partial charge in [-0.2, -0.15) is 0 Å². The number of nitrogens with zero attached hydrogens (tertiary/aromatic N) is 5. The van der Waals surface area contributed by atoms with Crippen LogP contribution in [0, 0.1) is 0 Å². The molecule has 1 aliphatic heterocycles. The smallest absolute Gasteiger partial charge is 0.413 e. The van der Waals surface area contributed by atoms with Crippen molar-refractivity contribution in [3.8, 4) is 22.5 Å². The molecule has 0 aliphatic carbocycles. The monoisotopic (exact) mass is 502 g/mol. The number of ether oxygens (including phenoxy) is 1. The number of aromatic amines is 1. The molecule has 194 valence electrons. The van der Waals surface area contributed by atoms with Crippen molar-refractivity contribution in [1.29, 1.82) is 0 Å². The van der Waals surface area contributed by atoms with Gasteiger partial charge in [0.05, 0.1) is 17.8 Å². The number of piperazine rings is 1. The molecule has 0 saturated carbocycles. The number of fused-ring (bicyclic) bond motifs is 1. The Balaban J connectivity index is 0.00000320. The number of hydrogen-bond donors (Lipinski definition) is 3. The lowest BCUT2D eigenvalue weighted by molar-refractivity contribution is 0.137. The largest absolute Gasteiger partial charge is 0.450 e. The third-order valence-corrected chi connectivity index (χ3v) is 6.31. The van der Waals surface area contributed by atoms with Gasteiger partial charge in [-0.3, -0.25) is 15.2 Å². The third-order valence-electron chi connectivity index (χ3n) is 6.31. The molecule has 2 atom stereocenters. The zero-order chi connectivity index (χ0) is 25.1. The van der Waals surface area contributed by atoms with Crippen LogP contribution >= 0.6 is 0 Å². The van der Waals surface area contributed by atoms with E-state index in [0.29, 0.717) is 29.4 Å². The number of rotatable bonds is 6. The maximum atomic E-state index is 11.9. The Kier molecular flexibility index (Phi) is 8.10. The van der Waals surface area contributed by atoms with Crippen molar-refractivity contribution in [1.82, 2.24) is 35.1 Å². The quantitative estimate of drug-likeness (QED) is 0.353. The number of anilines is 1. The number of H-pyrrole nitrogens is 1. The summed E-state index contributed by atoms with van der Waals surface area (Å²) >= 11 is 0. The molecule has 0 spiro atoms. The Bertz CT molecular complexity index is 1340. The minimum absolute atomic E-state index is 0. The van der Waals surface area contributed by atoms with Crippen LogP contribution in [0.3, 0.4) is 0 Å². The molecule has 1 aliphatic rings. The molecular weight excluding hydrogens is 468 g/mol. The molecule has 4 heterocycles. The first-order chi connectivity index (χ1) is 17.5. The first kappa shape index (κ1) is 26.2. The first-order valence-electron chi connectivity index (χ1n) is 12.2. The van der Waals surface area contributed by atoms with E-state index in [1.165, 1.54) is 0 Å². The fourth-order valence-corrected chi connectivity index (χ4v) is 4.43. The fraction of sp³-hybridized carbons (Fsp3) is 0.370. The van der Waals surface area contributed by atoms with Gasteiger partial charge in [0, 0.05) is 61.4 Å². The van der Waals surface area contributed by atoms with Crippen LogP contribution < -0.4 is 10.6 Å². The van der Waals surface area contributed by atoms with Crippen LogP contribution in [-0.2, 0) is 11.3 Å². The lowest BCUT2D eigenvalue weighted by Crippen LogP contribution is -2.53. The predicted octanol–water partition coefficient (Wildman–Crippen LogP) is 4.47. The molecule has 3 N–H and O–H groups in total. The predicted molar refractivity (Wildman–Crippen MR) is 145 cm³/mol. The van der Waals surface area contributed by atoms with Gasteiger partial charge in [-0.15, -0.1) is 0 Å². The Morgan fingerprint density at radius 2 is 1.97 bits per heavy atom. The summed E-state index contributed by atoms with van der Waals surface area (Å²) in [7, 11) is 0. The topological polar surface area (TPSA) is 121 Å². The number of amides is 1. The van der Waals surface area contributed by atoms with E-state index in [1.54, 1.807) is 25.4 Å². The second kappa shape index (κ2) is 11.4. The minimum atomic E-state index is -0.567. The average molecular weight is 503 g/mol. The Morgan fingerprint density at radius 3 is 2.70 bits per heavy atom. The summed E-state index contributed by atoms with van der Waals surface area (Å²) in [6, 6.07) is 10.9. The lowest BCUT2D eigenvalue weighted by atomic mass is 10.0. The number of carbonyl (C=O) groups is 1. The molecule has 1 fully saturated rings. The van der Waals surface area contributed by atoms with Crippen molar-refractivity contribution < 1.29 is 9.53 Å². The van der Waals surface area contributed by atoms with Crippen LogP contribution in [0.2, 0.25) is 0 Å². The van der Waals surface area contributed by atoms with E-state index in [-0.39, 0.29) is 14.0 Å². The third kappa shape index (κ3) is 5.92. The number of carbonyl (C=O) groups excluding carboxylic acids is 1. The second-order valence-corrected chi connectivity index (χ2v) is 9.05. The molecule has 1 aromatic carbocycles. The van der Waals surface area contributed by atoms with Gasteiger partial charge in [0.1, 0.15) is 5.52 Å². The van der Waals surface area contributed by atoms with Crippen LogP contribution in [0.4, 0.5) is 10.7 Å². The van der Waals surface area contributed by atoms with Gasteiger partial charge in [-0.1, -0.05) is 13.5 Å². The standard InChI is InChI=1S/C26H30N8O2.CH4/c1-4-36-26(35)33-25-31-22-11-19(10-21(23(22)32-25)24-27-8-5-9-28-24)18-6-7-20(30-13-18)15-34-14-16(2)29-12-17(34)3;/h5-11,13,16-17,29H,4,12,14-15H2,1-3H3,(H2,31,32,33,35);1H4/t16-,17+;/m0./s1. The van der Waals surface area contributed by atoms with Crippen molar-refractivity contribution >= 4 is 23.1 Å². The highest BCUT2D eigenvalue weighted by Crippen LogP contribution is 2.32. The first-order valence-corrected chi connectivity index (χ1v) is 12.2. The molecule has 10 heteroatoms. The van der Waals surface area contributed by atoms with Gasteiger partial charge in [0.15, 0.2) is 5.82 Å². The maximum absolute atomic E-state index is 11.9. The van der Waals surface area contributed by atoms with Crippen molar-refractivity contribution in [2.24, 2.45) is 0 Å². The highest BCUT2D eigenvalue weighted by atomic mass is 16.5. The van der Waals surface area contributed by atoms with Crippen LogP contribution in [-0.4, -0.2) is 67.7 Å². The van der Waals surface area contributed by atoms with Gasteiger partial charge < -0.3 is 15.0 Å². The number of aromatic nitrogens is 5. The molecule has 0 unspecified atom stereocenters. The SMILES string of the molecule is C.CCOC(=O)Nc1nc2c(-c3ncccn3)cc(-c3ccc(CN4C[C@H](C)NC[C@H]4C)nc3)cc2[nH]1. The molecule has 0 radical (unpaired) electrons. The van der Waals surface area contributed by atoms with Crippen LogP contribution in [0.1, 0.15) is 33.9 Å². The van der Waals surface area contributed by atoms with Crippen molar-refractivity contribution in [2.45, 2.75) is 46.8 Å². The second-order valence-electron chi connectivity index (χ2n) is 9.05. The molecule has 3 aromatic heterocycles. The van der Waals surface area contributed by atoms with Gasteiger partial charge >= 0.3 is 6.09 Å². The van der Waals surface area contributed by atoms with E-state index in [4.69, 9.17) is 9.72 Å². The van der Waals surface area contributed by atoms with E-state index >= 15 is 0 Å². The summed E-state index contributed by atoms with van der Waals surface area (Å²) in [5, 5.41) is 6.15. The normalized spacial score (nSPS) is 17.8. The Labute approximate surface area is 216 Å². The van der Waals surface area contributed by atoms with E-state index in [9.17, 15) is 4.79 Å². The van der Waals surface area contributed by atoms with E-state index in [2.05, 4.69) is 61.4 Å². The van der Waals surface area contributed by atoms with Gasteiger partial charge in [0.2, 0.25) is 5.95 Å². The summed E-state index contributed by atoms with van der Waals surface area (Å²) in [5.74, 6) is 0.843. The van der Waals surface area contributed by atoms with Gasteiger partial charge in [-0.05, 0) is 50.6 Å². The zero-order valence-corrected chi connectivity index (χ0v) is 20.7. The Hall–Kier alpha value is -3.89. The van der Waals surface area contributed by atoms with Gasteiger partial charge in [-0.25, -0.2) is 19.7 Å². The van der Waals surface area contributed by atoms with E-state index in [1.807, 2.05) is 18.3 Å². The summed E-state index contributed by atoms with van der Waals surface area (Å²) < 4.78 is 4.98. The number of benzene rings is 1. The van der Waals surface area contributed by atoms with E-state index < -0.39 is 6.09 Å². The highest BCUT2D eigenvalue weighted by Gasteiger charge is 2.22. The minimum Gasteiger partial charge on any atom is -0.450 e. The molecule has 0 bridgehead atoms. The summed E-state index contributed by atoms with van der Waals surface area (Å²) in [6.45, 7) is 9.28. The lowest BCUT2D eigenvalue weighted by Gasteiger charge is -2.37. The zero-order valence-electron chi connectivity index (χ0n) is 20.7. The van der Waals surface area contributed by atoms with Crippen molar-refractivity contribution in [3.05, 3.63) is 54.6 Å². The maximum Gasteiger partial charge on any atom is 0.413 e. The highest BCUT2D eigenvalue weighted by molar-refractivity contribution is 5.96. The number of pyridine rings is 1. The molecule has 10 nitrogen and oxygen atoms in total. The summed E-state index contributed by atoms with van der Waals surface area (Å²) in [5.41, 5.74) is 5.10. The molecule has 4 aromatic rings. The van der Waals surface area contributed by atoms with Crippen LogP contribution in [0.5, 0.6) is 0 Å². The fourth-order valence-electron chi connectivity index (χ4n) is 4.43. The molecule has 1 saturated heterocycles. The van der Waals surface area contributed by atoms with Gasteiger partial charge in [0.25, 0.3) is 0 Å². The summed E-state index contributed by atoms with van der Waals surface area (Å²) in [6.07, 6.45) is 4.72. The average Bonchev–Trinajstić information content (AvgIpc) is 3.29. The summed E-state index contributed by atoms with van der Waals surface area (Å²) in [4.78, 5) is 35.7. The van der Waals surface area contributed by atoms with Crippen molar-refractivity contribution in [3.63, 3.8) is 0 Å². The Morgan fingerprint density at radius 1 is 1.16 bits per heavy atom. The molecule has 37 heavy (non-hydrogen) atoms. The van der Waals surface area contributed by atoms with Crippen LogP contribution in [0.25, 0.3) is 33.5 Å². The number of imidazole rings is 1. The van der Waals surface area contributed by atoms with Crippen LogP contribution in [0.15, 0.2) is 48.9 Å².